The number of hydrogen-bond donors (Lipinski definition) is 3. The number of aliphatic hydroxyl groups is 1. The lowest BCUT2D eigenvalue weighted by Gasteiger charge is -2.28. The molecule has 2 aliphatic rings. The first-order valence-corrected chi connectivity index (χ1v) is 8.35. The van der Waals surface area contributed by atoms with Crippen molar-refractivity contribution < 1.29 is 19.3 Å². The summed E-state index contributed by atoms with van der Waals surface area (Å²) in [6.45, 7) is 1.23. The van der Waals surface area contributed by atoms with Crippen molar-refractivity contribution in [3.63, 3.8) is 0 Å². The minimum Gasteiger partial charge on any atom is -0.394 e. The number of nitrogens with zero attached hydrogens (tertiary/aromatic N) is 4. The van der Waals surface area contributed by atoms with Crippen LogP contribution >= 0.6 is 7.37 Å². The molecule has 9 nitrogen and oxygen atoms in total. The maximum atomic E-state index is 11.2. The molecule has 0 saturated carbocycles. The molecule has 0 amide bonds. The van der Waals surface area contributed by atoms with Crippen LogP contribution in [0.2, 0.25) is 0 Å². The summed E-state index contributed by atoms with van der Waals surface area (Å²) in [6, 6.07) is -0.325. The molecule has 0 radical (unpaired) electrons. The predicted molar refractivity (Wildman–Crippen MR) is 75.5 cm³/mol. The van der Waals surface area contributed by atoms with Crippen LogP contribution in [0.5, 0.6) is 0 Å². The van der Waals surface area contributed by atoms with Gasteiger partial charge in [0.2, 0.25) is 7.37 Å². The van der Waals surface area contributed by atoms with Gasteiger partial charge in [0.25, 0.3) is 0 Å². The Morgan fingerprint density at radius 3 is 3.00 bits per heavy atom. The highest BCUT2D eigenvalue weighted by Crippen LogP contribution is 2.35. The maximum absolute atomic E-state index is 11.2. The highest BCUT2D eigenvalue weighted by Gasteiger charge is 2.35. The van der Waals surface area contributed by atoms with E-state index in [9.17, 15) is 14.6 Å². The second kappa shape index (κ2) is 6.01. The van der Waals surface area contributed by atoms with Crippen LogP contribution < -0.4 is 5.73 Å². The van der Waals surface area contributed by atoms with E-state index in [-0.39, 0.29) is 25.2 Å². The molecular weight excluding hydrogens is 285 g/mol. The van der Waals surface area contributed by atoms with Crippen molar-refractivity contribution in [1.29, 1.82) is 0 Å². The largest absolute Gasteiger partial charge is 0.394 e. The van der Waals surface area contributed by atoms with E-state index in [1.54, 1.807) is 11.2 Å². The second-order valence-corrected chi connectivity index (χ2v) is 7.15. The minimum atomic E-state index is -3.27. The van der Waals surface area contributed by atoms with Gasteiger partial charge in [-0.1, -0.05) is 0 Å². The summed E-state index contributed by atoms with van der Waals surface area (Å²) in [5.74, 6) is 0.388. The van der Waals surface area contributed by atoms with Crippen LogP contribution in [0.1, 0.15) is 0 Å². The molecule has 0 spiro atoms. The Hall–Kier alpha value is -1.28. The van der Waals surface area contributed by atoms with Gasteiger partial charge in [0.05, 0.1) is 19.0 Å². The molecule has 10 heteroatoms. The summed E-state index contributed by atoms with van der Waals surface area (Å²) >= 11 is 0. The van der Waals surface area contributed by atoms with Gasteiger partial charge in [-0.2, -0.15) is 0 Å². The van der Waals surface area contributed by atoms with E-state index in [2.05, 4.69) is 15.0 Å². The van der Waals surface area contributed by atoms with Gasteiger partial charge in [0, 0.05) is 13.2 Å². The highest BCUT2D eigenvalue weighted by molar-refractivity contribution is 7.56. The van der Waals surface area contributed by atoms with E-state index < -0.39 is 13.5 Å². The molecule has 0 aliphatic carbocycles. The Labute approximate surface area is 116 Å². The third kappa shape index (κ3) is 3.63. The molecule has 4 N–H and O–H groups in total. The zero-order chi connectivity index (χ0) is 14.8. The molecule has 3 unspecified atom stereocenters. The zero-order valence-electron chi connectivity index (χ0n) is 11.0. The van der Waals surface area contributed by atoms with Crippen molar-refractivity contribution in [1.82, 2.24) is 4.90 Å². The molecule has 4 atom stereocenters. The van der Waals surface area contributed by atoms with Crippen molar-refractivity contribution in [3.05, 3.63) is 0 Å². The Bertz CT molecular complexity index is 488. The number of nitrogens with two attached hydrogens (primary N) is 1. The third-order valence-electron chi connectivity index (χ3n) is 2.89. The fourth-order valence-corrected chi connectivity index (χ4v) is 2.41. The van der Waals surface area contributed by atoms with Gasteiger partial charge in [0.15, 0.2) is 6.17 Å². The topological polar surface area (TPSA) is 133 Å². The average molecular weight is 303 g/mol. The molecule has 0 saturated heterocycles. The lowest BCUT2D eigenvalue weighted by atomic mass is 10.2. The first-order valence-electron chi connectivity index (χ1n) is 6.06. The van der Waals surface area contributed by atoms with Crippen LogP contribution in [-0.4, -0.2) is 77.9 Å². The van der Waals surface area contributed by atoms with E-state index in [1.807, 2.05) is 0 Å². The van der Waals surface area contributed by atoms with Gasteiger partial charge in [-0.15, -0.1) is 0 Å². The van der Waals surface area contributed by atoms with E-state index in [0.717, 1.165) is 0 Å². The van der Waals surface area contributed by atoms with Crippen molar-refractivity contribution in [2.75, 3.05) is 26.2 Å². The summed E-state index contributed by atoms with van der Waals surface area (Å²) in [5.41, 5.74) is 5.73. The molecule has 2 rings (SSSR count). The first kappa shape index (κ1) is 15.1. The molecule has 0 fully saturated rings. The Morgan fingerprint density at radius 2 is 2.35 bits per heavy atom. The fraction of sp³-hybridized carbons (Fsp3) is 0.700. The molecule has 0 aromatic rings. The van der Waals surface area contributed by atoms with E-state index in [1.165, 1.54) is 13.0 Å². The number of aliphatic hydroxyl groups excluding tert-OH is 1. The molecule has 112 valence electrons. The predicted octanol–water partition coefficient (Wildman–Crippen LogP) is -1.34. The third-order valence-corrected chi connectivity index (χ3v) is 3.52. The molecule has 0 aromatic heterocycles. The monoisotopic (exact) mass is 303 g/mol. The Balaban J connectivity index is 1.93. The quantitative estimate of drug-likeness (QED) is 0.520. The fourth-order valence-electron chi connectivity index (χ4n) is 1.92. The molecule has 0 bridgehead atoms. The van der Waals surface area contributed by atoms with Crippen molar-refractivity contribution >= 4 is 25.9 Å². The first-order chi connectivity index (χ1) is 9.40. The van der Waals surface area contributed by atoms with Crippen molar-refractivity contribution in [3.8, 4) is 0 Å². The Morgan fingerprint density at radius 1 is 1.60 bits per heavy atom. The molecule has 20 heavy (non-hydrogen) atoms. The standard InChI is InChI=1S/C10H18N5O4P/c1-20(17,18)6-19-7(3-16)2-15-5-14-8-9(11)12-4-13-10(8)15/h4-5,7-8,10,16H,2-3,6H2,1H3,(H,17,18)(H2,11,12,13)/t7-,8?,10?/m0/s1. The normalized spacial score (nSPS) is 28.9. The zero-order valence-corrected chi connectivity index (χ0v) is 11.9. The maximum Gasteiger partial charge on any atom is 0.222 e. The molecule has 2 heterocycles. The second-order valence-electron chi connectivity index (χ2n) is 4.79. The average Bonchev–Trinajstić information content (AvgIpc) is 2.78. The lowest BCUT2D eigenvalue weighted by Crippen LogP contribution is -2.46. The van der Waals surface area contributed by atoms with E-state index in [0.29, 0.717) is 12.4 Å². The summed E-state index contributed by atoms with van der Waals surface area (Å²) in [7, 11) is -3.27. The Kier molecular flexibility index (Phi) is 4.54. The molecular formula is C10H18N5O4P. The van der Waals surface area contributed by atoms with Crippen LogP contribution in [0.25, 0.3) is 0 Å². The van der Waals surface area contributed by atoms with Crippen molar-refractivity contribution in [2.24, 2.45) is 20.7 Å². The lowest BCUT2D eigenvalue weighted by molar-refractivity contribution is 0.0184. The van der Waals surface area contributed by atoms with Gasteiger partial charge in [-0.05, 0) is 0 Å². The van der Waals surface area contributed by atoms with Crippen LogP contribution in [0.3, 0.4) is 0 Å². The smallest absolute Gasteiger partial charge is 0.222 e. The molecule has 2 aliphatic heterocycles. The number of fused-ring (bicyclic) bond motifs is 1. The molecule has 0 aromatic carbocycles. The van der Waals surface area contributed by atoms with Gasteiger partial charge in [-0.25, -0.2) is 9.98 Å². The van der Waals surface area contributed by atoms with Crippen LogP contribution in [0.15, 0.2) is 15.0 Å². The van der Waals surface area contributed by atoms with Gasteiger partial charge < -0.3 is 25.4 Å². The summed E-state index contributed by atoms with van der Waals surface area (Å²) in [4.78, 5) is 23.2. The number of aliphatic imine (C=N–C) groups is 3. The van der Waals surface area contributed by atoms with E-state index >= 15 is 0 Å². The van der Waals surface area contributed by atoms with Gasteiger partial charge in [-0.3, -0.25) is 9.56 Å². The number of ether oxygens (including phenoxy) is 1. The summed E-state index contributed by atoms with van der Waals surface area (Å²) in [6.07, 6.45) is 1.76. The SMILES string of the molecule is CP(=O)(O)CO[C@H](CO)CN1C=NC2C(N)=NC=NC21. The number of rotatable bonds is 6. The van der Waals surface area contributed by atoms with Crippen molar-refractivity contribution in [2.45, 2.75) is 18.3 Å². The van der Waals surface area contributed by atoms with Gasteiger partial charge in [0.1, 0.15) is 24.6 Å². The summed E-state index contributed by atoms with van der Waals surface area (Å²) in [5, 5.41) is 9.28. The number of amidine groups is 1. The number of hydrogen-bond acceptors (Lipinski definition) is 8. The van der Waals surface area contributed by atoms with E-state index in [4.69, 9.17) is 10.5 Å². The van der Waals surface area contributed by atoms with Crippen LogP contribution in [0, 0.1) is 0 Å². The highest BCUT2D eigenvalue weighted by atomic mass is 31.2. The minimum absolute atomic E-state index is 0.269. The van der Waals surface area contributed by atoms with Crippen LogP contribution in [-0.2, 0) is 9.30 Å². The van der Waals surface area contributed by atoms with Gasteiger partial charge >= 0.3 is 0 Å². The van der Waals surface area contributed by atoms with Crippen LogP contribution in [0.4, 0.5) is 0 Å². The summed E-state index contributed by atoms with van der Waals surface area (Å²) < 4.78 is 16.4.